The molecule has 1 aromatic rings. The molecular formula is C19H28N6O. The van der Waals surface area contributed by atoms with Gasteiger partial charge >= 0.3 is 6.03 Å². The van der Waals surface area contributed by atoms with Gasteiger partial charge in [0.15, 0.2) is 0 Å². The van der Waals surface area contributed by atoms with E-state index in [0.717, 1.165) is 43.7 Å². The summed E-state index contributed by atoms with van der Waals surface area (Å²) in [4.78, 5) is 16.3. The number of fused-ring (bicyclic) bond motifs is 1. The Labute approximate surface area is 154 Å². The van der Waals surface area contributed by atoms with Crippen molar-refractivity contribution in [2.45, 2.75) is 25.6 Å². The molecule has 0 spiro atoms. The SMILES string of the molecule is NCCCN(CCCN)Cc1ccc(N2C=C3C=CNC3NC2=O)cc1. The summed E-state index contributed by atoms with van der Waals surface area (Å²) in [6.45, 7) is 4.20. The summed E-state index contributed by atoms with van der Waals surface area (Å²) < 4.78 is 0. The maximum absolute atomic E-state index is 12.3. The van der Waals surface area contributed by atoms with Crippen molar-refractivity contribution >= 4 is 11.7 Å². The zero-order valence-electron chi connectivity index (χ0n) is 15.0. The maximum atomic E-state index is 12.3. The largest absolute Gasteiger partial charge is 0.368 e. The van der Waals surface area contributed by atoms with Gasteiger partial charge in [-0.25, -0.2) is 4.79 Å². The highest BCUT2D eigenvalue weighted by Crippen LogP contribution is 2.23. The second-order valence-corrected chi connectivity index (χ2v) is 6.61. The van der Waals surface area contributed by atoms with Crippen molar-refractivity contribution in [2.75, 3.05) is 31.1 Å². The molecule has 26 heavy (non-hydrogen) atoms. The average Bonchev–Trinajstić information content (AvgIpc) is 3.11. The number of nitrogens with two attached hydrogens (primary N) is 2. The van der Waals surface area contributed by atoms with Gasteiger partial charge in [0.05, 0.1) is 5.69 Å². The van der Waals surface area contributed by atoms with Crippen LogP contribution >= 0.6 is 0 Å². The average molecular weight is 356 g/mol. The summed E-state index contributed by atoms with van der Waals surface area (Å²) in [5, 5.41) is 6.03. The fraction of sp³-hybridized carbons (Fsp3) is 0.421. The number of amides is 2. The molecule has 2 aliphatic rings. The second kappa shape index (κ2) is 8.84. The third kappa shape index (κ3) is 4.43. The van der Waals surface area contributed by atoms with Crippen LogP contribution in [0.1, 0.15) is 18.4 Å². The highest BCUT2D eigenvalue weighted by Gasteiger charge is 2.27. The first-order chi connectivity index (χ1) is 12.7. The fourth-order valence-electron chi connectivity index (χ4n) is 3.19. The first-order valence-electron chi connectivity index (χ1n) is 9.17. The number of anilines is 1. The summed E-state index contributed by atoms with van der Waals surface area (Å²) >= 11 is 0. The maximum Gasteiger partial charge on any atom is 0.327 e. The van der Waals surface area contributed by atoms with Crippen LogP contribution in [0.2, 0.25) is 0 Å². The quantitative estimate of drug-likeness (QED) is 0.530. The molecule has 0 saturated carbocycles. The Morgan fingerprint density at radius 1 is 1.08 bits per heavy atom. The molecule has 1 atom stereocenters. The molecule has 2 amide bonds. The number of nitrogens with zero attached hydrogens (tertiary/aromatic N) is 2. The molecule has 1 aromatic carbocycles. The van der Waals surface area contributed by atoms with Crippen LogP contribution in [-0.2, 0) is 6.54 Å². The van der Waals surface area contributed by atoms with Crippen molar-refractivity contribution in [1.29, 1.82) is 0 Å². The lowest BCUT2D eigenvalue weighted by molar-refractivity contribution is 0.244. The number of hydrogen-bond donors (Lipinski definition) is 4. The number of hydrogen-bond acceptors (Lipinski definition) is 5. The van der Waals surface area contributed by atoms with E-state index in [2.05, 4.69) is 27.7 Å². The molecule has 2 heterocycles. The van der Waals surface area contributed by atoms with Crippen molar-refractivity contribution in [3.63, 3.8) is 0 Å². The first kappa shape index (κ1) is 18.4. The van der Waals surface area contributed by atoms with E-state index in [4.69, 9.17) is 11.5 Å². The minimum absolute atomic E-state index is 0.114. The predicted molar refractivity (Wildman–Crippen MR) is 104 cm³/mol. The lowest BCUT2D eigenvalue weighted by Crippen LogP contribution is -2.51. The van der Waals surface area contributed by atoms with E-state index >= 15 is 0 Å². The summed E-state index contributed by atoms with van der Waals surface area (Å²) in [6, 6.07) is 8.00. The molecule has 7 heteroatoms. The van der Waals surface area contributed by atoms with Crippen LogP contribution in [0.15, 0.2) is 48.3 Å². The topological polar surface area (TPSA) is 99.7 Å². The van der Waals surface area contributed by atoms with E-state index in [1.165, 1.54) is 5.56 Å². The van der Waals surface area contributed by atoms with Crippen LogP contribution in [0.25, 0.3) is 0 Å². The van der Waals surface area contributed by atoms with Crippen molar-refractivity contribution in [2.24, 2.45) is 11.5 Å². The van der Waals surface area contributed by atoms with Crippen LogP contribution in [0.4, 0.5) is 10.5 Å². The summed E-state index contributed by atoms with van der Waals surface area (Å²) in [6.07, 6.45) is 7.54. The fourth-order valence-corrected chi connectivity index (χ4v) is 3.19. The Balaban J connectivity index is 1.66. The van der Waals surface area contributed by atoms with E-state index in [-0.39, 0.29) is 12.2 Å². The number of rotatable bonds is 9. The lowest BCUT2D eigenvalue weighted by Gasteiger charge is -2.29. The lowest BCUT2D eigenvalue weighted by atomic mass is 10.1. The normalized spacial score (nSPS) is 18.6. The number of urea groups is 1. The van der Waals surface area contributed by atoms with Gasteiger partial charge in [0.1, 0.15) is 6.17 Å². The van der Waals surface area contributed by atoms with Crippen LogP contribution < -0.4 is 27.0 Å². The zero-order valence-corrected chi connectivity index (χ0v) is 15.0. The van der Waals surface area contributed by atoms with Crippen molar-refractivity contribution in [3.8, 4) is 0 Å². The molecule has 0 saturated heterocycles. The minimum atomic E-state index is -0.129. The molecule has 7 nitrogen and oxygen atoms in total. The van der Waals surface area contributed by atoms with Crippen LogP contribution in [0, 0.1) is 0 Å². The molecule has 1 unspecified atom stereocenters. The van der Waals surface area contributed by atoms with Crippen molar-refractivity contribution in [3.05, 3.63) is 53.9 Å². The Morgan fingerprint density at radius 3 is 2.42 bits per heavy atom. The standard InChI is InChI=1S/C19H28N6O/c20-8-1-11-24(12-2-9-21)13-15-3-5-17(6-4-15)25-14-16-7-10-22-18(16)23-19(25)26/h3-7,10,14,18,22H,1-2,8-9,11-13,20-21H2,(H,23,26). The van der Waals surface area contributed by atoms with E-state index < -0.39 is 0 Å². The summed E-state index contributed by atoms with van der Waals surface area (Å²) in [5.74, 6) is 0. The number of carbonyl (C=O) groups excluding carboxylic acids is 1. The van der Waals surface area contributed by atoms with Gasteiger partial charge in [-0.05, 0) is 69.0 Å². The number of carbonyl (C=O) groups is 1. The molecule has 0 aliphatic carbocycles. The van der Waals surface area contributed by atoms with Crippen LogP contribution in [0.3, 0.4) is 0 Å². The van der Waals surface area contributed by atoms with E-state index in [0.29, 0.717) is 13.1 Å². The first-order valence-corrected chi connectivity index (χ1v) is 9.17. The molecule has 2 aliphatic heterocycles. The Morgan fingerprint density at radius 2 is 1.77 bits per heavy atom. The van der Waals surface area contributed by atoms with E-state index in [1.807, 2.05) is 30.6 Å². The zero-order chi connectivity index (χ0) is 18.4. The molecule has 140 valence electrons. The molecule has 0 bridgehead atoms. The third-order valence-corrected chi connectivity index (χ3v) is 4.61. The smallest absolute Gasteiger partial charge is 0.327 e. The minimum Gasteiger partial charge on any atom is -0.368 e. The van der Waals surface area contributed by atoms with Gasteiger partial charge in [-0.3, -0.25) is 9.80 Å². The van der Waals surface area contributed by atoms with E-state index in [9.17, 15) is 4.79 Å². The van der Waals surface area contributed by atoms with Gasteiger partial charge in [-0.15, -0.1) is 0 Å². The van der Waals surface area contributed by atoms with Gasteiger partial charge in [0, 0.05) is 18.3 Å². The van der Waals surface area contributed by atoms with Gasteiger partial charge in [0.2, 0.25) is 0 Å². The Kier molecular flexibility index (Phi) is 6.27. The van der Waals surface area contributed by atoms with E-state index in [1.54, 1.807) is 4.90 Å². The van der Waals surface area contributed by atoms with Crippen molar-refractivity contribution in [1.82, 2.24) is 15.5 Å². The molecule has 0 radical (unpaired) electrons. The van der Waals surface area contributed by atoms with Gasteiger partial charge < -0.3 is 22.1 Å². The number of benzene rings is 1. The highest BCUT2D eigenvalue weighted by molar-refractivity contribution is 5.95. The molecule has 0 fully saturated rings. The highest BCUT2D eigenvalue weighted by atomic mass is 16.2. The van der Waals surface area contributed by atoms with Crippen LogP contribution in [-0.4, -0.2) is 43.3 Å². The second-order valence-electron chi connectivity index (χ2n) is 6.61. The molecular weight excluding hydrogens is 328 g/mol. The predicted octanol–water partition coefficient (Wildman–Crippen LogP) is 1.04. The van der Waals surface area contributed by atoms with Gasteiger partial charge in [0.25, 0.3) is 0 Å². The van der Waals surface area contributed by atoms with Crippen molar-refractivity contribution < 1.29 is 4.79 Å². The Hall–Kier alpha value is -2.35. The van der Waals surface area contributed by atoms with Gasteiger partial charge in [-0.1, -0.05) is 12.1 Å². The summed E-state index contributed by atoms with van der Waals surface area (Å²) in [7, 11) is 0. The molecule has 6 N–H and O–H groups in total. The van der Waals surface area contributed by atoms with Gasteiger partial charge in [-0.2, -0.15) is 0 Å². The molecule has 3 rings (SSSR count). The molecule has 0 aromatic heterocycles. The summed E-state index contributed by atoms with van der Waals surface area (Å²) in [5.41, 5.74) is 14.4. The van der Waals surface area contributed by atoms with Crippen LogP contribution in [0.5, 0.6) is 0 Å². The Bertz CT molecular complexity index is 661. The monoisotopic (exact) mass is 356 g/mol. The third-order valence-electron chi connectivity index (χ3n) is 4.61. The number of nitrogens with one attached hydrogen (secondary N) is 2.